The Morgan fingerprint density at radius 1 is 1.00 bits per heavy atom. The molecule has 2 heterocycles. The van der Waals surface area contributed by atoms with Gasteiger partial charge < -0.3 is 15.4 Å². The number of nitrogens with zero attached hydrogens (tertiary/aromatic N) is 1. The molecule has 1 spiro atoms. The summed E-state index contributed by atoms with van der Waals surface area (Å²) in [6.45, 7) is 3.53. The number of hydrogen-bond acceptors (Lipinski definition) is 3. The van der Waals surface area contributed by atoms with E-state index in [1.165, 1.54) is 6.42 Å². The van der Waals surface area contributed by atoms with Crippen LogP contribution in [0.5, 0.6) is 0 Å². The molecule has 2 N–H and O–H groups in total. The predicted octanol–water partition coefficient (Wildman–Crippen LogP) is 1.68. The van der Waals surface area contributed by atoms with Crippen molar-refractivity contribution >= 4 is 5.91 Å². The summed E-state index contributed by atoms with van der Waals surface area (Å²) in [4.78, 5) is 14.8. The van der Waals surface area contributed by atoms with Crippen LogP contribution in [-0.4, -0.2) is 42.6 Å². The van der Waals surface area contributed by atoms with Crippen molar-refractivity contribution in [3.63, 3.8) is 0 Å². The van der Waals surface area contributed by atoms with E-state index >= 15 is 0 Å². The average molecular weight is 266 g/mol. The lowest BCUT2D eigenvalue weighted by molar-refractivity contribution is -0.137. The summed E-state index contributed by atoms with van der Waals surface area (Å²) in [7, 11) is 0. The van der Waals surface area contributed by atoms with Gasteiger partial charge in [-0.2, -0.15) is 0 Å². The van der Waals surface area contributed by atoms with Crippen molar-refractivity contribution in [3.05, 3.63) is 0 Å². The zero-order chi connectivity index (χ0) is 13.3. The largest absolute Gasteiger partial charge is 0.381 e. The molecule has 3 rings (SSSR count). The molecule has 4 heteroatoms. The van der Waals surface area contributed by atoms with Crippen LogP contribution in [0.15, 0.2) is 0 Å². The number of carbonyl (C=O) groups is 1. The van der Waals surface area contributed by atoms with E-state index in [2.05, 4.69) is 4.90 Å². The zero-order valence-corrected chi connectivity index (χ0v) is 11.8. The molecule has 3 aliphatic rings. The number of amides is 1. The minimum Gasteiger partial charge on any atom is -0.381 e. The van der Waals surface area contributed by atoms with Crippen molar-refractivity contribution < 1.29 is 9.53 Å². The van der Waals surface area contributed by atoms with E-state index in [4.69, 9.17) is 10.5 Å². The van der Waals surface area contributed by atoms with Crippen LogP contribution in [-0.2, 0) is 9.53 Å². The maximum atomic E-state index is 12.7. The van der Waals surface area contributed by atoms with Gasteiger partial charge in [-0.3, -0.25) is 4.79 Å². The molecule has 19 heavy (non-hydrogen) atoms. The number of ether oxygens (including phenoxy) is 1. The van der Waals surface area contributed by atoms with E-state index < -0.39 is 5.54 Å². The van der Waals surface area contributed by atoms with Gasteiger partial charge in [0.2, 0.25) is 5.91 Å². The van der Waals surface area contributed by atoms with Crippen molar-refractivity contribution in [1.29, 1.82) is 0 Å². The Kier molecular flexibility index (Phi) is 3.56. The Morgan fingerprint density at radius 2 is 1.68 bits per heavy atom. The number of hydrogen-bond donors (Lipinski definition) is 1. The summed E-state index contributed by atoms with van der Waals surface area (Å²) >= 11 is 0. The summed E-state index contributed by atoms with van der Waals surface area (Å²) in [5.41, 5.74) is 6.16. The van der Waals surface area contributed by atoms with E-state index in [1.807, 2.05) is 0 Å². The lowest BCUT2D eigenvalue weighted by atomic mass is 9.79. The summed E-state index contributed by atoms with van der Waals surface area (Å²) in [5.74, 6) is 0.218. The van der Waals surface area contributed by atoms with Gasteiger partial charge in [0.1, 0.15) is 0 Å². The monoisotopic (exact) mass is 266 g/mol. The van der Waals surface area contributed by atoms with E-state index in [9.17, 15) is 4.79 Å². The Balaban J connectivity index is 1.65. The van der Waals surface area contributed by atoms with Gasteiger partial charge >= 0.3 is 0 Å². The number of carbonyl (C=O) groups excluding carboxylic acids is 1. The molecule has 1 aliphatic carbocycles. The summed E-state index contributed by atoms with van der Waals surface area (Å²) in [5, 5.41) is 0. The molecule has 3 fully saturated rings. The van der Waals surface area contributed by atoms with Gasteiger partial charge in [0.15, 0.2) is 0 Å². The second kappa shape index (κ2) is 5.06. The van der Waals surface area contributed by atoms with Crippen molar-refractivity contribution in [1.82, 2.24) is 4.90 Å². The van der Waals surface area contributed by atoms with Gasteiger partial charge in [-0.25, -0.2) is 0 Å². The molecule has 0 aromatic rings. The molecule has 2 aliphatic heterocycles. The topological polar surface area (TPSA) is 55.6 Å². The molecule has 1 saturated carbocycles. The highest BCUT2D eigenvalue weighted by atomic mass is 16.5. The quantitative estimate of drug-likeness (QED) is 0.785. The van der Waals surface area contributed by atoms with Gasteiger partial charge in [0.05, 0.1) is 5.54 Å². The molecule has 0 atom stereocenters. The normalized spacial score (nSPS) is 29.6. The Labute approximate surface area is 115 Å². The summed E-state index contributed by atoms with van der Waals surface area (Å²) in [6, 6.07) is 0. The lowest BCUT2D eigenvalue weighted by Gasteiger charge is -2.37. The molecule has 0 aromatic carbocycles. The molecule has 108 valence electrons. The molecular formula is C15H26N2O2. The Hall–Kier alpha value is -0.610. The van der Waals surface area contributed by atoms with Gasteiger partial charge in [-0.15, -0.1) is 0 Å². The SMILES string of the molecule is NC1(C(=O)N2CCC3(CCOCC3)C2)CCCCC1. The lowest BCUT2D eigenvalue weighted by Crippen LogP contribution is -2.56. The summed E-state index contributed by atoms with van der Waals surface area (Å²) in [6.07, 6.45) is 8.54. The van der Waals surface area contributed by atoms with Gasteiger partial charge in [-0.05, 0) is 37.5 Å². The molecule has 0 radical (unpaired) electrons. The van der Waals surface area contributed by atoms with E-state index in [0.29, 0.717) is 5.41 Å². The number of likely N-dealkylation sites (tertiary alicyclic amines) is 1. The van der Waals surface area contributed by atoms with Crippen molar-refractivity contribution in [2.75, 3.05) is 26.3 Å². The minimum absolute atomic E-state index is 0.218. The first kappa shape index (κ1) is 13.4. The first-order chi connectivity index (χ1) is 9.14. The molecule has 4 nitrogen and oxygen atoms in total. The molecular weight excluding hydrogens is 240 g/mol. The van der Waals surface area contributed by atoms with Crippen molar-refractivity contribution in [2.45, 2.75) is 56.9 Å². The van der Waals surface area contributed by atoms with Crippen LogP contribution in [0.3, 0.4) is 0 Å². The van der Waals surface area contributed by atoms with E-state index in [0.717, 1.165) is 71.2 Å². The maximum Gasteiger partial charge on any atom is 0.242 e. The third-order valence-electron chi connectivity index (χ3n) is 5.45. The number of rotatable bonds is 1. The Morgan fingerprint density at radius 3 is 2.37 bits per heavy atom. The van der Waals surface area contributed by atoms with E-state index in [1.54, 1.807) is 0 Å². The fourth-order valence-electron chi connectivity index (χ4n) is 4.03. The van der Waals surface area contributed by atoms with Crippen LogP contribution in [0.25, 0.3) is 0 Å². The van der Waals surface area contributed by atoms with Crippen LogP contribution in [0.2, 0.25) is 0 Å². The third kappa shape index (κ3) is 2.52. The van der Waals surface area contributed by atoms with Crippen molar-refractivity contribution in [2.24, 2.45) is 11.1 Å². The number of nitrogens with two attached hydrogens (primary N) is 1. The smallest absolute Gasteiger partial charge is 0.242 e. The fourth-order valence-corrected chi connectivity index (χ4v) is 4.03. The highest BCUT2D eigenvalue weighted by Crippen LogP contribution is 2.41. The van der Waals surface area contributed by atoms with Crippen LogP contribution < -0.4 is 5.73 Å². The van der Waals surface area contributed by atoms with Crippen LogP contribution in [0, 0.1) is 5.41 Å². The van der Waals surface area contributed by atoms with E-state index in [-0.39, 0.29) is 5.91 Å². The van der Waals surface area contributed by atoms with Crippen LogP contribution in [0.4, 0.5) is 0 Å². The second-order valence-corrected chi connectivity index (χ2v) is 6.81. The standard InChI is InChI=1S/C15H26N2O2/c16-15(4-2-1-3-5-15)13(18)17-9-6-14(12-17)7-10-19-11-8-14/h1-12,16H2. The molecule has 1 amide bonds. The van der Waals surface area contributed by atoms with Gasteiger partial charge in [-0.1, -0.05) is 19.3 Å². The molecule has 2 saturated heterocycles. The molecule has 0 aromatic heterocycles. The summed E-state index contributed by atoms with van der Waals surface area (Å²) < 4.78 is 5.46. The molecule has 0 unspecified atom stereocenters. The van der Waals surface area contributed by atoms with Crippen molar-refractivity contribution in [3.8, 4) is 0 Å². The van der Waals surface area contributed by atoms with Crippen LogP contribution >= 0.6 is 0 Å². The maximum absolute atomic E-state index is 12.7. The van der Waals surface area contributed by atoms with Gasteiger partial charge in [0, 0.05) is 26.3 Å². The first-order valence-electron chi connectivity index (χ1n) is 7.80. The second-order valence-electron chi connectivity index (χ2n) is 6.81. The Bertz CT molecular complexity index is 344. The molecule has 0 bridgehead atoms. The highest BCUT2D eigenvalue weighted by molar-refractivity contribution is 5.86. The predicted molar refractivity (Wildman–Crippen MR) is 73.7 cm³/mol. The minimum atomic E-state index is -0.561. The third-order valence-corrected chi connectivity index (χ3v) is 5.45. The fraction of sp³-hybridized carbons (Fsp3) is 0.933. The van der Waals surface area contributed by atoms with Gasteiger partial charge in [0.25, 0.3) is 0 Å². The zero-order valence-electron chi connectivity index (χ0n) is 11.8. The first-order valence-corrected chi connectivity index (χ1v) is 7.80. The average Bonchev–Trinajstić information content (AvgIpc) is 2.83. The highest BCUT2D eigenvalue weighted by Gasteiger charge is 2.45. The van der Waals surface area contributed by atoms with Crippen LogP contribution in [0.1, 0.15) is 51.4 Å².